The lowest BCUT2D eigenvalue weighted by Crippen LogP contribution is -2.56. The number of hydrogen-bond acceptors (Lipinski definition) is 4. The van der Waals surface area contributed by atoms with Crippen molar-refractivity contribution >= 4 is 5.91 Å². The Morgan fingerprint density at radius 2 is 2.28 bits per heavy atom. The molecule has 0 bridgehead atoms. The minimum atomic E-state index is 0.114. The predicted octanol–water partition coefficient (Wildman–Crippen LogP) is -0.401. The third-order valence-corrected chi connectivity index (χ3v) is 3.87. The maximum Gasteiger partial charge on any atom is 0.226 e. The summed E-state index contributed by atoms with van der Waals surface area (Å²) in [5.74, 6) is 0.371. The quantitative estimate of drug-likeness (QED) is 0.702. The lowest BCUT2D eigenvalue weighted by molar-refractivity contribution is -0.135. The number of hydrogen-bond donors (Lipinski definition) is 2. The van der Waals surface area contributed by atoms with Crippen LogP contribution in [0.4, 0.5) is 0 Å². The normalized spacial score (nSPS) is 32.9. The largest absolute Gasteiger partial charge is 0.389 e. The van der Waals surface area contributed by atoms with Crippen LogP contribution in [-0.4, -0.2) is 61.5 Å². The van der Waals surface area contributed by atoms with Gasteiger partial charge in [-0.1, -0.05) is 6.08 Å². The summed E-state index contributed by atoms with van der Waals surface area (Å²) in [7, 11) is 3.66. The molecule has 0 radical (unpaired) electrons. The van der Waals surface area contributed by atoms with E-state index in [9.17, 15) is 4.79 Å². The van der Waals surface area contributed by atoms with Gasteiger partial charge in [-0.2, -0.15) is 0 Å². The molecular weight excluding hydrogens is 228 g/mol. The highest BCUT2D eigenvalue weighted by Gasteiger charge is 2.32. The lowest BCUT2D eigenvalue weighted by Gasteiger charge is -2.40. The maximum absolute atomic E-state index is 12.0. The highest BCUT2D eigenvalue weighted by Crippen LogP contribution is 2.22. The van der Waals surface area contributed by atoms with Crippen molar-refractivity contribution in [2.24, 2.45) is 11.7 Å². The van der Waals surface area contributed by atoms with Crippen LogP contribution in [0.2, 0.25) is 0 Å². The fourth-order valence-corrected chi connectivity index (χ4v) is 2.87. The zero-order valence-corrected chi connectivity index (χ0v) is 11.3. The highest BCUT2D eigenvalue weighted by molar-refractivity contribution is 5.78. The van der Waals surface area contributed by atoms with E-state index in [4.69, 9.17) is 5.73 Å². The number of rotatable bonds is 2. The van der Waals surface area contributed by atoms with Crippen molar-refractivity contribution in [3.8, 4) is 0 Å². The first kappa shape index (κ1) is 13.4. The second kappa shape index (κ2) is 5.71. The number of likely N-dealkylation sites (tertiary alicyclic amines) is 1. The SMILES string of the molecule is CN(C)C(=O)C1CCCN(C2C=CNCC2N)C1. The number of amides is 1. The summed E-state index contributed by atoms with van der Waals surface area (Å²) >= 11 is 0. The van der Waals surface area contributed by atoms with Crippen LogP contribution in [0.1, 0.15) is 12.8 Å². The average molecular weight is 252 g/mol. The van der Waals surface area contributed by atoms with E-state index in [2.05, 4.69) is 16.3 Å². The molecule has 0 aromatic heterocycles. The van der Waals surface area contributed by atoms with Gasteiger partial charge in [-0.3, -0.25) is 9.69 Å². The van der Waals surface area contributed by atoms with E-state index in [0.29, 0.717) is 0 Å². The van der Waals surface area contributed by atoms with E-state index >= 15 is 0 Å². The van der Waals surface area contributed by atoms with Gasteiger partial charge >= 0.3 is 0 Å². The first-order valence-electron chi connectivity index (χ1n) is 6.70. The fraction of sp³-hybridized carbons (Fsp3) is 0.769. The first-order valence-corrected chi connectivity index (χ1v) is 6.70. The summed E-state index contributed by atoms with van der Waals surface area (Å²) in [5.41, 5.74) is 6.14. The molecule has 2 rings (SSSR count). The Balaban J connectivity index is 2.00. The number of carbonyl (C=O) groups is 1. The molecule has 0 aliphatic carbocycles. The average Bonchev–Trinajstić information content (AvgIpc) is 2.38. The van der Waals surface area contributed by atoms with Crippen LogP contribution in [0.25, 0.3) is 0 Å². The van der Waals surface area contributed by atoms with Gasteiger partial charge in [-0.05, 0) is 25.6 Å². The summed E-state index contributed by atoms with van der Waals surface area (Å²) < 4.78 is 0. The van der Waals surface area contributed by atoms with Crippen LogP contribution in [0.15, 0.2) is 12.3 Å². The molecule has 1 fully saturated rings. The molecule has 0 saturated carbocycles. The molecule has 18 heavy (non-hydrogen) atoms. The second-order valence-corrected chi connectivity index (χ2v) is 5.49. The Kier molecular flexibility index (Phi) is 4.24. The van der Waals surface area contributed by atoms with Crippen LogP contribution in [-0.2, 0) is 4.79 Å². The van der Waals surface area contributed by atoms with Crippen LogP contribution in [0.3, 0.4) is 0 Å². The number of carbonyl (C=O) groups excluding carboxylic acids is 1. The van der Waals surface area contributed by atoms with Crippen molar-refractivity contribution in [1.29, 1.82) is 0 Å². The van der Waals surface area contributed by atoms with Crippen molar-refractivity contribution < 1.29 is 4.79 Å². The van der Waals surface area contributed by atoms with Crippen LogP contribution >= 0.6 is 0 Å². The summed E-state index contributed by atoms with van der Waals surface area (Å²) in [6.07, 6.45) is 6.17. The summed E-state index contributed by atoms with van der Waals surface area (Å²) in [6.45, 7) is 2.68. The zero-order valence-electron chi connectivity index (χ0n) is 11.3. The van der Waals surface area contributed by atoms with Gasteiger partial charge in [0.15, 0.2) is 0 Å². The molecule has 3 unspecified atom stereocenters. The molecule has 1 amide bonds. The standard InChI is InChI=1S/C13H24N4O/c1-16(2)13(18)10-4-3-7-17(9-10)12-5-6-15-8-11(12)14/h5-6,10-12,15H,3-4,7-9,14H2,1-2H3. The molecule has 3 atom stereocenters. The van der Waals surface area contributed by atoms with Gasteiger partial charge in [0.2, 0.25) is 5.91 Å². The van der Waals surface area contributed by atoms with Crippen molar-refractivity contribution in [2.45, 2.75) is 24.9 Å². The number of nitrogens with one attached hydrogen (secondary N) is 1. The first-order chi connectivity index (χ1) is 8.59. The molecule has 0 spiro atoms. The molecule has 2 aliphatic rings. The van der Waals surface area contributed by atoms with Crippen molar-refractivity contribution in [1.82, 2.24) is 15.1 Å². The van der Waals surface area contributed by atoms with Gasteiger partial charge in [0, 0.05) is 39.3 Å². The monoisotopic (exact) mass is 252 g/mol. The molecule has 5 heteroatoms. The maximum atomic E-state index is 12.0. The topological polar surface area (TPSA) is 61.6 Å². The fourth-order valence-electron chi connectivity index (χ4n) is 2.87. The number of nitrogens with two attached hydrogens (primary N) is 1. The molecule has 0 aromatic carbocycles. The summed E-state index contributed by atoms with van der Waals surface area (Å²) in [4.78, 5) is 16.1. The van der Waals surface area contributed by atoms with Gasteiger partial charge in [-0.15, -0.1) is 0 Å². The van der Waals surface area contributed by atoms with Gasteiger partial charge in [-0.25, -0.2) is 0 Å². The van der Waals surface area contributed by atoms with Crippen LogP contribution in [0, 0.1) is 5.92 Å². The van der Waals surface area contributed by atoms with Gasteiger partial charge in [0.05, 0.1) is 5.92 Å². The summed E-state index contributed by atoms with van der Waals surface area (Å²) in [6, 6.07) is 0.382. The minimum Gasteiger partial charge on any atom is -0.389 e. The Morgan fingerprint density at radius 3 is 2.94 bits per heavy atom. The van der Waals surface area contributed by atoms with Crippen molar-refractivity contribution in [2.75, 3.05) is 33.7 Å². The third kappa shape index (κ3) is 2.84. The highest BCUT2D eigenvalue weighted by atomic mass is 16.2. The number of piperidine rings is 1. The number of nitrogens with zero attached hydrogens (tertiary/aromatic N) is 2. The molecule has 1 saturated heterocycles. The molecule has 2 aliphatic heterocycles. The van der Waals surface area contributed by atoms with Crippen molar-refractivity contribution in [3.63, 3.8) is 0 Å². The van der Waals surface area contributed by atoms with Crippen molar-refractivity contribution in [3.05, 3.63) is 12.3 Å². The van der Waals surface area contributed by atoms with E-state index in [1.54, 1.807) is 4.90 Å². The molecule has 0 aromatic rings. The third-order valence-electron chi connectivity index (χ3n) is 3.87. The van der Waals surface area contributed by atoms with Crippen LogP contribution < -0.4 is 11.1 Å². The molecule has 5 nitrogen and oxygen atoms in total. The van der Waals surface area contributed by atoms with Gasteiger partial charge in [0.1, 0.15) is 0 Å². The van der Waals surface area contributed by atoms with E-state index in [0.717, 1.165) is 32.5 Å². The van der Waals surface area contributed by atoms with E-state index in [-0.39, 0.29) is 23.9 Å². The second-order valence-electron chi connectivity index (χ2n) is 5.49. The Labute approximate surface area is 109 Å². The summed E-state index contributed by atoms with van der Waals surface area (Å²) in [5, 5.41) is 3.15. The Morgan fingerprint density at radius 1 is 1.50 bits per heavy atom. The molecule has 2 heterocycles. The predicted molar refractivity (Wildman–Crippen MR) is 71.9 cm³/mol. The molecule has 102 valence electrons. The van der Waals surface area contributed by atoms with E-state index in [1.165, 1.54) is 0 Å². The van der Waals surface area contributed by atoms with Crippen LogP contribution in [0.5, 0.6) is 0 Å². The van der Waals surface area contributed by atoms with E-state index < -0.39 is 0 Å². The molecule has 3 N–H and O–H groups in total. The minimum absolute atomic E-state index is 0.114. The smallest absolute Gasteiger partial charge is 0.226 e. The zero-order chi connectivity index (χ0) is 13.1. The van der Waals surface area contributed by atoms with E-state index in [1.807, 2.05) is 20.3 Å². The Bertz CT molecular complexity index is 329. The van der Waals surface area contributed by atoms with Gasteiger partial charge < -0.3 is 16.0 Å². The molecular formula is C13H24N4O. The van der Waals surface area contributed by atoms with Gasteiger partial charge in [0.25, 0.3) is 0 Å². The Hall–Kier alpha value is -1.07. The lowest BCUT2D eigenvalue weighted by atomic mass is 9.93.